The van der Waals surface area contributed by atoms with Crippen molar-refractivity contribution in [2.24, 2.45) is 0 Å². The number of aromatic nitrogens is 6. The van der Waals surface area contributed by atoms with Gasteiger partial charge in [0.25, 0.3) is 11.1 Å². The van der Waals surface area contributed by atoms with Crippen LogP contribution in [0, 0.1) is 20.8 Å². The van der Waals surface area contributed by atoms with Crippen molar-refractivity contribution in [3.05, 3.63) is 104 Å². The summed E-state index contributed by atoms with van der Waals surface area (Å²) in [6, 6.07) is 19.0. The smallest absolute Gasteiger partial charge is 0.267 e. The number of benzene rings is 3. The Labute approximate surface area is 209 Å². The van der Waals surface area contributed by atoms with E-state index in [9.17, 15) is 9.59 Å². The largest absolute Gasteiger partial charge is 0.309 e. The molecule has 0 saturated carbocycles. The minimum Gasteiger partial charge on any atom is -0.309 e. The van der Waals surface area contributed by atoms with E-state index in [2.05, 4.69) is 20.2 Å². The Hall–Kier alpha value is -4.24. The first kappa shape index (κ1) is 22.2. The van der Waals surface area contributed by atoms with Crippen LogP contribution < -0.4 is 11.1 Å². The van der Waals surface area contributed by atoms with E-state index in [4.69, 9.17) is 0 Å². The normalized spacial score (nSPS) is 11.6. The van der Waals surface area contributed by atoms with Crippen LogP contribution in [0.2, 0.25) is 0 Å². The van der Waals surface area contributed by atoms with E-state index in [-0.39, 0.29) is 11.1 Å². The van der Waals surface area contributed by atoms with Crippen molar-refractivity contribution in [3.63, 3.8) is 0 Å². The van der Waals surface area contributed by atoms with Crippen LogP contribution >= 0.6 is 11.8 Å². The van der Waals surface area contributed by atoms with Gasteiger partial charge in [0.05, 0.1) is 33.2 Å². The summed E-state index contributed by atoms with van der Waals surface area (Å²) in [5.74, 6) is 1.37. The van der Waals surface area contributed by atoms with Crippen LogP contribution in [0.4, 0.5) is 0 Å². The molecular weight excluding hydrogens is 472 g/mol. The maximum absolute atomic E-state index is 13.6. The average molecular weight is 495 g/mol. The lowest BCUT2D eigenvalue weighted by Crippen LogP contribution is -2.22. The highest BCUT2D eigenvalue weighted by Crippen LogP contribution is 2.26. The summed E-state index contributed by atoms with van der Waals surface area (Å²) in [5.41, 5.74) is 4.90. The molecule has 6 rings (SSSR count). The highest BCUT2D eigenvalue weighted by atomic mass is 32.2. The van der Waals surface area contributed by atoms with Crippen LogP contribution in [-0.2, 0) is 5.75 Å². The van der Waals surface area contributed by atoms with Crippen molar-refractivity contribution in [1.82, 2.24) is 29.1 Å². The standard InChI is InChI=1S/C27H22N6O2S/c1-15-11-12-20(17(3)13-15)32-25(35)18-8-4-5-10-21(18)33-26(32)30-31-27(33)36-14-22-28-23-16(2)7-6-9-19(23)24(34)29-22/h4-13H,14H2,1-3H3,(H,28,29,34). The van der Waals surface area contributed by atoms with Crippen LogP contribution in [0.25, 0.3) is 33.3 Å². The number of para-hydroxylation sites is 2. The third-order valence-corrected chi connectivity index (χ3v) is 7.25. The Kier molecular flexibility index (Phi) is 5.22. The van der Waals surface area contributed by atoms with Crippen LogP contribution in [0.5, 0.6) is 0 Å². The fourth-order valence-corrected chi connectivity index (χ4v) is 5.41. The fourth-order valence-electron chi connectivity index (χ4n) is 4.60. The molecule has 36 heavy (non-hydrogen) atoms. The molecule has 3 aromatic carbocycles. The van der Waals surface area contributed by atoms with Crippen LogP contribution in [-0.4, -0.2) is 29.1 Å². The molecule has 0 unspecified atom stereocenters. The maximum atomic E-state index is 13.6. The van der Waals surface area contributed by atoms with Crippen LogP contribution in [0.3, 0.4) is 0 Å². The summed E-state index contributed by atoms with van der Waals surface area (Å²) in [5, 5.41) is 10.6. The van der Waals surface area contributed by atoms with Gasteiger partial charge in [0.1, 0.15) is 5.82 Å². The predicted molar refractivity (Wildman–Crippen MR) is 142 cm³/mol. The highest BCUT2D eigenvalue weighted by molar-refractivity contribution is 7.98. The van der Waals surface area contributed by atoms with E-state index >= 15 is 0 Å². The van der Waals surface area contributed by atoms with Gasteiger partial charge in [0.15, 0.2) is 5.16 Å². The summed E-state index contributed by atoms with van der Waals surface area (Å²) in [4.78, 5) is 33.8. The molecule has 0 atom stereocenters. The lowest BCUT2D eigenvalue weighted by atomic mass is 10.1. The van der Waals surface area contributed by atoms with E-state index in [0.717, 1.165) is 27.9 Å². The van der Waals surface area contributed by atoms with Gasteiger partial charge in [0, 0.05) is 0 Å². The lowest BCUT2D eigenvalue weighted by molar-refractivity contribution is 0.924. The first-order chi connectivity index (χ1) is 17.4. The number of fused-ring (bicyclic) bond motifs is 4. The summed E-state index contributed by atoms with van der Waals surface area (Å²) >= 11 is 1.41. The first-order valence-electron chi connectivity index (χ1n) is 11.5. The molecule has 9 heteroatoms. The van der Waals surface area contributed by atoms with Gasteiger partial charge in [-0.2, -0.15) is 0 Å². The quantitative estimate of drug-likeness (QED) is 0.363. The molecular formula is C27H22N6O2S. The van der Waals surface area contributed by atoms with Gasteiger partial charge in [-0.1, -0.05) is 53.7 Å². The van der Waals surface area contributed by atoms with E-state index in [0.29, 0.717) is 38.8 Å². The Bertz CT molecular complexity index is 1940. The second kappa shape index (κ2) is 8.46. The molecule has 0 amide bonds. The zero-order chi connectivity index (χ0) is 25.0. The Morgan fingerprint density at radius 1 is 0.889 bits per heavy atom. The number of hydrogen-bond donors (Lipinski definition) is 1. The monoisotopic (exact) mass is 494 g/mol. The molecule has 0 saturated heterocycles. The van der Waals surface area contributed by atoms with Crippen molar-refractivity contribution in [2.75, 3.05) is 0 Å². The average Bonchev–Trinajstić information content (AvgIpc) is 3.28. The second-order valence-electron chi connectivity index (χ2n) is 8.84. The first-order valence-corrected chi connectivity index (χ1v) is 12.5. The number of aryl methyl sites for hydroxylation is 3. The van der Waals surface area contributed by atoms with Gasteiger partial charge >= 0.3 is 0 Å². The molecule has 178 valence electrons. The summed E-state index contributed by atoms with van der Waals surface area (Å²) in [6.45, 7) is 5.94. The molecule has 0 bridgehead atoms. The van der Waals surface area contributed by atoms with Gasteiger partial charge in [0.2, 0.25) is 5.78 Å². The van der Waals surface area contributed by atoms with Crippen LogP contribution in [0.1, 0.15) is 22.5 Å². The van der Waals surface area contributed by atoms with E-state index in [1.165, 1.54) is 11.8 Å². The van der Waals surface area contributed by atoms with Gasteiger partial charge in [-0.15, -0.1) is 10.2 Å². The van der Waals surface area contributed by atoms with Gasteiger partial charge in [-0.3, -0.25) is 14.0 Å². The minimum absolute atomic E-state index is 0.148. The molecule has 0 fully saturated rings. The summed E-state index contributed by atoms with van der Waals surface area (Å²) in [7, 11) is 0. The summed E-state index contributed by atoms with van der Waals surface area (Å²) < 4.78 is 3.51. The molecule has 0 aliphatic rings. The maximum Gasteiger partial charge on any atom is 0.267 e. The Morgan fingerprint density at radius 3 is 2.53 bits per heavy atom. The number of hydrogen-bond acceptors (Lipinski definition) is 6. The van der Waals surface area contributed by atoms with Crippen molar-refractivity contribution in [1.29, 1.82) is 0 Å². The third kappa shape index (κ3) is 3.51. The zero-order valence-corrected chi connectivity index (χ0v) is 20.8. The summed E-state index contributed by atoms with van der Waals surface area (Å²) in [6.07, 6.45) is 0. The Balaban J connectivity index is 1.51. The van der Waals surface area contributed by atoms with Crippen LogP contribution in [0.15, 0.2) is 75.4 Å². The highest BCUT2D eigenvalue weighted by Gasteiger charge is 2.19. The number of nitrogens with zero attached hydrogens (tertiary/aromatic N) is 5. The van der Waals surface area contributed by atoms with Gasteiger partial charge in [-0.25, -0.2) is 9.55 Å². The third-order valence-electron chi connectivity index (χ3n) is 6.31. The minimum atomic E-state index is -0.167. The molecule has 0 aliphatic heterocycles. The van der Waals surface area contributed by atoms with Gasteiger partial charge in [-0.05, 0) is 56.2 Å². The van der Waals surface area contributed by atoms with Crippen molar-refractivity contribution in [3.8, 4) is 5.69 Å². The van der Waals surface area contributed by atoms with E-state index in [1.807, 2.05) is 79.8 Å². The molecule has 0 aliphatic carbocycles. The molecule has 0 spiro atoms. The van der Waals surface area contributed by atoms with E-state index < -0.39 is 0 Å². The fraction of sp³-hybridized carbons (Fsp3) is 0.148. The molecule has 3 heterocycles. The second-order valence-corrected chi connectivity index (χ2v) is 9.78. The lowest BCUT2D eigenvalue weighted by Gasteiger charge is -2.13. The molecule has 6 aromatic rings. The molecule has 3 aromatic heterocycles. The Morgan fingerprint density at radius 2 is 1.69 bits per heavy atom. The van der Waals surface area contributed by atoms with Crippen molar-refractivity contribution >= 4 is 39.3 Å². The van der Waals surface area contributed by atoms with Crippen molar-refractivity contribution < 1.29 is 0 Å². The predicted octanol–water partition coefficient (Wildman–Crippen LogP) is 4.49. The number of thioether (sulfide) groups is 1. The SMILES string of the molecule is Cc1ccc(-n2c(=O)c3ccccc3n3c(SCc4nc5c(C)cccc5c(=O)[nH]4)nnc23)c(C)c1. The number of aromatic amines is 1. The number of rotatable bonds is 4. The topological polar surface area (TPSA) is 97.9 Å². The van der Waals surface area contributed by atoms with E-state index in [1.54, 1.807) is 10.6 Å². The molecule has 8 nitrogen and oxygen atoms in total. The number of nitrogens with one attached hydrogen (secondary N) is 1. The zero-order valence-electron chi connectivity index (χ0n) is 19.9. The van der Waals surface area contributed by atoms with Crippen molar-refractivity contribution in [2.45, 2.75) is 31.7 Å². The van der Waals surface area contributed by atoms with Gasteiger partial charge < -0.3 is 4.98 Å². The molecule has 0 radical (unpaired) electrons. The number of H-pyrrole nitrogens is 1. The molecule has 1 N–H and O–H groups in total.